The highest BCUT2D eigenvalue weighted by Crippen LogP contribution is 2.20. The minimum absolute atomic E-state index is 0.188. The Labute approximate surface area is 120 Å². The number of halogens is 1. The Morgan fingerprint density at radius 2 is 2.21 bits per heavy atom. The maximum absolute atomic E-state index is 12.0. The Balaban J connectivity index is 2.52. The molecule has 106 valence electrons. The summed E-state index contributed by atoms with van der Waals surface area (Å²) in [6.45, 7) is 1.92. The quantitative estimate of drug-likeness (QED) is 0.785. The van der Waals surface area contributed by atoms with Crippen LogP contribution in [0.15, 0.2) is 23.1 Å². The van der Waals surface area contributed by atoms with Crippen LogP contribution in [0.3, 0.4) is 0 Å². The molecule has 1 rings (SSSR count). The van der Waals surface area contributed by atoms with Crippen LogP contribution in [0.2, 0.25) is 5.02 Å². The number of esters is 1. The third kappa shape index (κ3) is 5.30. The van der Waals surface area contributed by atoms with Gasteiger partial charge in [0, 0.05) is 22.1 Å². The van der Waals surface area contributed by atoms with Gasteiger partial charge >= 0.3 is 5.97 Å². The van der Waals surface area contributed by atoms with E-state index < -0.39 is 10.8 Å². The van der Waals surface area contributed by atoms with Gasteiger partial charge in [0.2, 0.25) is 0 Å². The monoisotopic (exact) mass is 304 g/mol. The van der Waals surface area contributed by atoms with Crippen molar-refractivity contribution >= 4 is 28.4 Å². The fourth-order valence-electron chi connectivity index (χ4n) is 1.51. The van der Waals surface area contributed by atoms with Crippen LogP contribution >= 0.6 is 11.6 Å². The Morgan fingerprint density at radius 1 is 1.47 bits per heavy atom. The first-order valence-corrected chi connectivity index (χ1v) is 7.71. The van der Waals surface area contributed by atoms with Gasteiger partial charge in [0.15, 0.2) is 0 Å². The van der Waals surface area contributed by atoms with E-state index in [0.29, 0.717) is 34.3 Å². The molecular weight excluding hydrogens is 288 g/mol. The van der Waals surface area contributed by atoms with Gasteiger partial charge in [0.05, 0.1) is 24.0 Å². The molecule has 0 bridgehead atoms. The van der Waals surface area contributed by atoms with Crippen molar-refractivity contribution in [2.45, 2.75) is 31.3 Å². The predicted octanol–water partition coefficient (Wildman–Crippen LogP) is 2.28. The van der Waals surface area contributed by atoms with Crippen molar-refractivity contribution in [2.24, 2.45) is 0 Å². The Hall–Kier alpha value is -0.910. The zero-order chi connectivity index (χ0) is 14.3. The van der Waals surface area contributed by atoms with Crippen LogP contribution in [0.5, 0.6) is 0 Å². The molecule has 6 heteroatoms. The maximum Gasteiger partial charge on any atom is 0.305 e. The van der Waals surface area contributed by atoms with Crippen molar-refractivity contribution in [3.63, 3.8) is 0 Å². The second-order valence-electron chi connectivity index (χ2n) is 3.87. The van der Waals surface area contributed by atoms with E-state index in [-0.39, 0.29) is 19.0 Å². The number of rotatable bonds is 7. The lowest BCUT2D eigenvalue weighted by atomic mass is 10.2. The van der Waals surface area contributed by atoms with E-state index in [2.05, 4.69) is 0 Å². The molecule has 4 nitrogen and oxygen atoms in total. The van der Waals surface area contributed by atoms with E-state index in [4.69, 9.17) is 21.4 Å². The summed E-state index contributed by atoms with van der Waals surface area (Å²) in [7, 11) is -1.20. The van der Waals surface area contributed by atoms with Crippen molar-refractivity contribution in [3.8, 4) is 0 Å². The topological polar surface area (TPSA) is 63.6 Å². The number of carbonyl (C=O) groups excluding carboxylic acids is 1. The zero-order valence-corrected chi connectivity index (χ0v) is 12.3. The van der Waals surface area contributed by atoms with Gasteiger partial charge in [-0.3, -0.25) is 9.00 Å². The average molecular weight is 305 g/mol. The normalized spacial score (nSPS) is 12.2. The average Bonchev–Trinajstić information content (AvgIpc) is 2.39. The Bertz CT molecular complexity index is 462. The molecular formula is C13H17ClO4S. The molecule has 19 heavy (non-hydrogen) atoms. The number of hydrogen-bond acceptors (Lipinski definition) is 4. The molecule has 1 atom stereocenters. The highest BCUT2D eigenvalue weighted by Gasteiger charge is 2.09. The smallest absolute Gasteiger partial charge is 0.305 e. The van der Waals surface area contributed by atoms with Crippen LogP contribution < -0.4 is 0 Å². The third-order valence-electron chi connectivity index (χ3n) is 2.47. The van der Waals surface area contributed by atoms with Gasteiger partial charge in [-0.25, -0.2) is 0 Å². The fraction of sp³-hybridized carbons (Fsp3) is 0.462. The number of hydrogen-bond donors (Lipinski definition) is 1. The van der Waals surface area contributed by atoms with Gasteiger partial charge in [-0.15, -0.1) is 0 Å². The highest BCUT2D eigenvalue weighted by atomic mass is 35.5. The lowest BCUT2D eigenvalue weighted by Gasteiger charge is -2.06. The molecule has 0 saturated heterocycles. The van der Waals surface area contributed by atoms with Gasteiger partial charge in [0.25, 0.3) is 0 Å². The SMILES string of the molecule is CCOC(=O)CCCS(=O)c1ccc(Cl)c(CO)c1. The first-order chi connectivity index (χ1) is 9.08. The number of aliphatic hydroxyl groups excluding tert-OH is 1. The second kappa shape index (κ2) is 8.30. The van der Waals surface area contributed by atoms with E-state index in [1.807, 2.05) is 0 Å². The van der Waals surface area contributed by atoms with Gasteiger partial charge < -0.3 is 9.84 Å². The summed E-state index contributed by atoms with van der Waals surface area (Å²) in [4.78, 5) is 11.7. The minimum atomic E-state index is -1.20. The number of benzene rings is 1. The second-order valence-corrected chi connectivity index (χ2v) is 5.85. The van der Waals surface area contributed by atoms with Crippen LogP contribution in [0.1, 0.15) is 25.3 Å². The minimum Gasteiger partial charge on any atom is -0.466 e. The molecule has 0 aliphatic carbocycles. The molecule has 0 spiro atoms. The predicted molar refractivity (Wildman–Crippen MR) is 74.5 cm³/mol. The third-order valence-corrected chi connectivity index (χ3v) is 4.27. The van der Waals surface area contributed by atoms with Crippen LogP contribution in [0.25, 0.3) is 0 Å². The van der Waals surface area contributed by atoms with Gasteiger partial charge in [0.1, 0.15) is 0 Å². The molecule has 0 fully saturated rings. The van der Waals surface area contributed by atoms with Gasteiger partial charge in [-0.2, -0.15) is 0 Å². The van der Waals surface area contributed by atoms with Crippen molar-refractivity contribution in [2.75, 3.05) is 12.4 Å². The van der Waals surface area contributed by atoms with Crippen LogP contribution in [-0.4, -0.2) is 27.6 Å². The van der Waals surface area contributed by atoms with Crippen LogP contribution in [-0.2, 0) is 26.9 Å². The first-order valence-electron chi connectivity index (χ1n) is 6.01. The molecule has 0 radical (unpaired) electrons. The number of ether oxygens (including phenoxy) is 1. The van der Waals surface area contributed by atoms with Gasteiger partial charge in [-0.1, -0.05) is 11.6 Å². The Kier molecular flexibility index (Phi) is 7.05. The maximum atomic E-state index is 12.0. The van der Waals surface area contributed by atoms with E-state index in [1.165, 1.54) is 0 Å². The van der Waals surface area contributed by atoms with E-state index in [1.54, 1.807) is 25.1 Å². The fourth-order valence-corrected chi connectivity index (χ4v) is 2.83. The molecule has 1 aromatic carbocycles. The van der Waals surface area contributed by atoms with Crippen LogP contribution in [0.4, 0.5) is 0 Å². The summed E-state index contributed by atoms with van der Waals surface area (Å²) < 4.78 is 16.8. The summed E-state index contributed by atoms with van der Waals surface area (Å²) >= 11 is 5.86. The van der Waals surface area contributed by atoms with Gasteiger partial charge in [-0.05, 0) is 37.1 Å². The zero-order valence-electron chi connectivity index (χ0n) is 10.7. The lowest BCUT2D eigenvalue weighted by molar-refractivity contribution is -0.143. The first kappa shape index (κ1) is 16.1. The molecule has 0 heterocycles. The standard InChI is InChI=1S/C13H17ClO4S/c1-2-18-13(16)4-3-7-19(17)11-5-6-12(14)10(8-11)9-15/h5-6,8,15H,2-4,7,9H2,1H3. The number of carbonyl (C=O) groups is 1. The van der Waals surface area contributed by atoms with Crippen molar-refractivity contribution in [1.29, 1.82) is 0 Å². The van der Waals surface area contributed by atoms with E-state index in [9.17, 15) is 9.00 Å². The molecule has 0 aromatic heterocycles. The molecule has 1 aromatic rings. The summed E-state index contributed by atoms with van der Waals surface area (Å²) in [5, 5.41) is 9.54. The Morgan fingerprint density at radius 3 is 2.84 bits per heavy atom. The largest absolute Gasteiger partial charge is 0.466 e. The van der Waals surface area contributed by atoms with Crippen LogP contribution in [0, 0.1) is 0 Å². The summed E-state index contributed by atoms with van der Waals surface area (Å²) in [6, 6.07) is 4.91. The van der Waals surface area contributed by atoms with Crippen molar-refractivity contribution < 1.29 is 18.8 Å². The molecule has 0 saturated carbocycles. The lowest BCUT2D eigenvalue weighted by Crippen LogP contribution is -2.06. The van der Waals surface area contributed by atoms with E-state index >= 15 is 0 Å². The summed E-state index contributed by atoms with van der Waals surface area (Å²) in [5.41, 5.74) is 0.554. The molecule has 1 N–H and O–H groups in total. The summed E-state index contributed by atoms with van der Waals surface area (Å²) in [5.74, 6) is 0.109. The molecule has 0 aliphatic rings. The molecule has 0 amide bonds. The highest BCUT2D eigenvalue weighted by molar-refractivity contribution is 7.85. The summed E-state index contributed by atoms with van der Waals surface area (Å²) in [6.07, 6.45) is 0.766. The van der Waals surface area contributed by atoms with Crippen molar-refractivity contribution in [1.82, 2.24) is 0 Å². The molecule has 1 unspecified atom stereocenters. The number of aliphatic hydroxyl groups is 1. The van der Waals surface area contributed by atoms with E-state index in [0.717, 1.165) is 0 Å². The molecule has 0 aliphatic heterocycles. The van der Waals surface area contributed by atoms with Crippen molar-refractivity contribution in [3.05, 3.63) is 28.8 Å².